The third-order valence-corrected chi connectivity index (χ3v) is 8.42. The van der Waals surface area contributed by atoms with Crippen LogP contribution in [-0.2, 0) is 70.4 Å². The van der Waals surface area contributed by atoms with Gasteiger partial charge in [0.2, 0.25) is 5.91 Å². The third kappa shape index (κ3) is 424. The van der Waals surface area contributed by atoms with Crippen LogP contribution in [0.1, 0.15) is 207 Å². The third-order valence-electron chi connectivity index (χ3n) is 8.42. The van der Waals surface area contributed by atoms with Crippen molar-refractivity contribution in [2.24, 2.45) is 52.3 Å². The average Bonchev–Trinajstić information content (AvgIpc) is 3.60. The molecule has 1 fully saturated rings. The molecule has 92 heavy (non-hydrogen) atoms. The van der Waals surface area contributed by atoms with E-state index in [0.29, 0.717) is 0 Å². The smallest absolute Gasteiger partial charge is 0.219 e. The van der Waals surface area contributed by atoms with Crippen molar-refractivity contribution >= 4 is 80.6 Å². The molecule has 25 nitrogen and oxygen atoms in total. The summed E-state index contributed by atoms with van der Waals surface area (Å²) < 4.78 is 0. The first-order valence-corrected chi connectivity index (χ1v) is 28.6. The molecule has 1 heterocycles. The van der Waals surface area contributed by atoms with E-state index in [-0.39, 0.29) is 48.9 Å². The highest BCUT2D eigenvalue weighted by atomic mass is 16.3. The molecule has 0 spiro atoms. The Morgan fingerprint density at radius 1 is 0.380 bits per heavy atom. The molecular weight excluding hydrogens is 1180 g/mol. The maximum atomic E-state index is 10.7. The highest BCUT2D eigenvalue weighted by Gasteiger charge is 2.11. The molecule has 25 heteroatoms. The molecule has 1 aliphatic heterocycles. The second-order valence-electron chi connectivity index (χ2n) is 16.5. The molecule has 0 radical (unpaired) electrons. The van der Waals surface area contributed by atoms with Gasteiger partial charge in [-0.15, -0.1) is 0 Å². The molecular formula is C67H164N12O13. The molecule has 0 saturated carbocycles. The van der Waals surface area contributed by atoms with E-state index in [2.05, 4.69) is 177 Å². The van der Waals surface area contributed by atoms with Crippen molar-refractivity contribution in [1.29, 1.82) is 0 Å². The van der Waals surface area contributed by atoms with E-state index in [0.717, 1.165) is 69.1 Å². The van der Waals surface area contributed by atoms with Crippen molar-refractivity contribution in [3.8, 4) is 0 Å². The number of unbranched alkanes of at least 4 members (excludes halogenated alkanes) is 1. The van der Waals surface area contributed by atoms with Crippen LogP contribution in [0.5, 0.6) is 0 Å². The first-order valence-electron chi connectivity index (χ1n) is 28.6. The zero-order chi connectivity index (χ0) is 74.6. The number of hydrogen-bond acceptors (Lipinski definition) is 24. The van der Waals surface area contributed by atoms with E-state index in [1.165, 1.54) is 90.1 Å². The number of aliphatic hydroxyl groups excluding tert-OH is 1. The summed E-state index contributed by atoms with van der Waals surface area (Å²) in [5.41, 5.74) is 26.5. The summed E-state index contributed by atoms with van der Waals surface area (Å²) in [5.74, 6) is 3.77. The summed E-state index contributed by atoms with van der Waals surface area (Å²) in [6, 6.07) is 20.9. The number of nitrogens with two attached hydrogens (primary N) is 5. The molecule has 29 N–H and O–H groups in total. The van der Waals surface area contributed by atoms with Crippen LogP contribution in [0.15, 0.2) is 60.7 Å². The molecule has 0 unspecified atom stereocenters. The van der Waals surface area contributed by atoms with Crippen LogP contribution in [0.25, 0.3) is 0 Å². The Balaban J connectivity index is -0.0000000196. The normalized spacial score (nSPS) is 7.47. The molecule has 1 saturated heterocycles. The second kappa shape index (κ2) is 272. The number of carbonyl (C=O) groups is 12. The average molecular weight is 1350 g/mol. The maximum absolute atomic E-state index is 10.7. The van der Waals surface area contributed by atoms with Gasteiger partial charge in [0.25, 0.3) is 0 Å². The Morgan fingerprint density at radius 3 is 0.609 bits per heavy atom. The fourth-order valence-electron chi connectivity index (χ4n) is 2.84. The van der Waals surface area contributed by atoms with Crippen molar-refractivity contribution in [3.63, 3.8) is 0 Å². The molecule has 0 atom stereocenters. The number of rotatable bonds is 9. The molecule has 570 valence electrons. The minimum atomic E-state index is -0.167. The highest BCUT2D eigenvalue weighted by Crippen LogP contribution is 2.07. The van der Waals surface area contributed by atoms with Crippen molar-refractivity contribution in [2.75, 3.05) is 47.3 Å². The van der Waals surface area contributed by atoms with Crippen LogP contribution in [0.3, 0.4) is 0 Å². The Bertz CT molecular complexity index is 1050. The number of hydrogen-bond donors (Lipinski definition) is 12. The van der Waals surface area contributed by atoms with E-state index in [1.807, 2.05) is 91.7 Å². The number of carbonyl (C=O) groups excluding carboxylic acids is 12. The predicted octanol–water partition coefficient (Wildman–Crippen LogP) is 12.9. The molecule has 3 rings (SSSR count). The fourth-order valence-corrected chi connectivity index (χ4v) is 2.84. The SMILES string of the molecule is C=O.C=O.C=O.C=O.C=O.C=O.C=O.C=O.C=O.C=O.C=O.CC(=O)N1CCCCC1.CC(C)O.CCC(C)C.CCC(C)C.CCC(C)C.CCC(C)C.CCCCN.CCCN.CCc1ccccc1.CCc1ccccc1.CN.CN.CN.N.N.N.N.N.N. The lowest BCUT2D eigenvalue weighted by molar-refractivity contribution is -0.129. The van der Waals surface area contributed by atoms with E-state index < -0.39 is 0 Å². The number of likely N-dealkylation sites (tertiary alicyclic amines) is 1. The van der Waals surface area contributed by atoms with Crippen LogP contribution in [-0.4, -0.2) is 144 Å². The van der Waals surface area contributed by atoms with Gasteiger partial charge < -0.3 is 128 Å². The second-order valence-corrected chi connectivity index (χ2v) is 16.5. The lowest BCUT2D eigenvalue weighted by Gasteiger charge is -2.24. The first-order chi connectivity index (χ1) is 41.3. The largest absolute Gasteiger partial charge is 0.394 e. The summed E-state index contributed by atoms with van der Waals surface area (Å²) in [5, 5.41) is 8.06. The highest BCUT2D eigenvalue weighted by molar-refractivity contribution is 5.73. The molecule has 2 aromatic rings. The summed E-state index contributed by atoms with van der Waals surface area (Å²) in [6.45, 7) is 65.8. The number of piperidine rings is 1. The lowest BCUT2D eigenvalue weighted by atomic mass is 10.1. The standard InChI is InChI=1S/2C8H10.C7H13NO.4C5H12.C4H11N.C3H9N.C3H8O.3CH5N.11CH2O.6H3N/c2*1-2-8-6-4-3-5-7-8;1-7(9)8-5-3-2-4-6-8;4*1-4-5(2)3;1-2-3-4-5;1-2-3-4;1-3(2)4;14*1-2;;;;;;/h2*3-7H,2H2,1H3;2-6H2,1H3;4*5H,4H2,1-3H3;2-5H2,1H3;2-4H2,1H3;3-4H,1-2H3;3*2H2,1H3;11*1H2;6*1H3. The van der Waals surface area contributed by atoms with Crippen LogP contribution in [0.4, 0.5) is 0 Å². The maximum Gasteiger partial charge on any atom is 0.219 e. The molecule has 0 aliphatic carbocycles. The summed E-state index contributed by atoms with van der Waals surface area (Å²) >= 11 is 0. The zero-order valence-electron chi connectivity index (χ0n) is 64.2. The van der Waals surface area contributed by atoms with Gasteiger partial charge in [-0.05, 0) is 128 Å². The van der Waals surface area contributed by atoms with Gasteiger partial charge in [0.1, 0.15) is 74.7 Å². The van der Waals surface area contributed by atoms with Crippen LogP contribution in [0.2, 0.25) is 0 Å². The van der Waals surface area contributed by atoms with E-state index in [9.17, 15) is 4.79 Å². The number of amides is 1. The van der Waals surface area contributed by atoms with Crippen molar-refractivity contribution in [1.82, 2.24) is 41.8 Å². The van der Waals surface area contributed by atoms with Gasteiger partial charge in [-0.2, -0.15) is 0 Å². The van der Waals surface area contributed by atoms with Crippen LogP contribution >= 0.6 is 0 Å². The first kappa shape index (κ1) is 178. The predicted molar refractivity (Wildman–Crippen MR) is 408 cm³/mol. The summed E-state index contributed by atoms with van der Waals surface area (Å²) in [7, 11) is 4.50. The number of nitrogens with zero attached hydrogens (tertiary/aromatic N) is 1. The minimum absolute atomic E-state index is 0. The van der Waals surface area contributed by atoms with Crippen LogP contribution in [0, 0.1) is 23.7 Å². The number of benzene rings is 2. The van der Waals surface area contributed by atoms with Crippen molar-refractivity contribution in [3.05, 3.63) is 71.8 Å². The quantitative estimate of drug-likeness (QED) is 0.111. The fraction of sp³-hybridized carbons (Fsp3) is 0.642. The van der Waals surface area contributed by atoms with Crippen molar-refractivity contribution in [2.45, 2.75) is 215 Å². The Hall–Kier alpha value is -6.20. The molecule has 2 aromatic carbocycles. The minimum Gasteiger partial charge on any atom is -0.394 e. The zero-order valence-corrected chi connectivity index (χ0v) is 64.2. The van der Waals surface area contributed by atoms with Crippen LogP contribution < -0.4 is 65.6 Å². The van der Waals surface area contributed by atoms with Gasteiger partial charge in [0, 0.05) is 26.1 Å². The summed E-state index contributed by atoms with van der Waals surface area (Å²) in [4.78, 5) is 101. The van der Waals surface area contributed by atoms with Gasteiger partial charge in [0.05, 0.1) is 0 Å². The van der Waals surface area contributed by atoms with Crippen molar-refractivity contribution < 1.29 is 62.6 Å². The molecule has 1 amide bonds. The summed E-state index contributed by atoms with van der Waals surface area (Å²) in [6.07, 6.45) is 14.5. The molecule has 0 aromatic heterocycles. The van der Waals surface area contributed by atoms with E-state index in [4.69, 9.17) is 69.3 Å². The van der Waals surface area contributed by atoms with Gasteiger partial charge in [0.15, 0.2) is 0 Å². The van der Waals surface area contributed by atoms with Gasteiger partial charge in [-0.3, -0.25) is 4.79 Å². The van der Waals surface area contributed by atoms with Gasteiger partial charge >= 0.3 is 0 Å². The molecule has 0 bridgehead atoms. The number of aryl methyl sites for hydroxylation is 2. The number of aliphatic hydroxyl groups is 1. The van der Waals surface area contributed by atoms with E-state index in [1.54, 1.807) is 20.8 Å². The topological polar surface area (TPSA) is 568 Å². The Kier molecular flexibility index (Phi) is 527. The van der Waals surface area contributed by atoms with E-state index >= 15 is 0 Å². The van der Waals surface area contributed by atoms with Gasteiger partial charge in [-0.25, -0.2) is 0 Å². The lowest BCUT2D eigenvalue weighted by Crippen LogP contribution is -2.33. The Morgan fingerprint density at radius 2 is 0.543 bits per heavy atom. The van der Waals surface area contributed by atoms with Gasteiger partial charge in [-0.1, -0.05) is 204 Å². The monoisotopic (exact) mass is 1350 g/mol. The Labute approximate surface area is 569 Å². The molecule has 1 aliphatic rings.